The summed E-state index contributed by atoms with van der Waals surface area (Å²) in [6, 6.07) is 0.310. The van der Waals surface area contributed by atoms with E-state index in [0.29, 0.717) is 12.6 Å². The molecule has 0 heterocycles. The molecule has 0 aliphatic heterocycles. The molecule has 2 N–H and O–H groups in total. The summed E-state index contributed by atoms with van der Waals surface area (Å²) >= 11 is 0. The quantitative estimate of drug-likeness (QED) is 0.742. The van der Waals surface area contributed by atoms with Crippen LogP contribution in [-0.2, 0) is 14.6 Å². The molecule has 84 valence electrons. The molecular formula is C9H19NO3S. The third-order valence-electron chi connectivity index (χ3n) is 2.53. The van der Waals surface area contributed by atoms with Gasteiger partial charge in [-0.25, -0.2) is 8.42 Å². The molecule has 0 aromatic rings. The Labute approximate surface area is 85.7 Å². The monoisotopic (exact) mass is 221 g/mol. The molecule has 0 bridgehead atoms. The molecule has 1 fully saturated rings. The van der Waals surface area contributed by atoms with E-state index >= 15 is 0 Å². The SMILES string of the molecule is CS(=O)(=O)CCOC1CCC(N)CC1. The number of sulfone groups is 1. The zero-order chi connectivity index (χ0) is 10.6. The van der Waals surface area contributed by atoms with Gasteiger partial charge in [0.2, 0.25) is 0 Å². The first kappa shape index (κ1) is 11.9. The van der Waals surface area contributed by atoms with E-state index in [0.717, 1.165) is 25.7 Å². The molecule has 0 saturated heterocycles. The predicted octanol–water partition coefficient (Wildman–Crippen LogP) is 0.318. The summed E-state index contributed by atoms with van der Waals surface area (Å²) in [4.78, 5) is 0. The van der Waals surface area contributed by atoms with Crippen molar-refractivity contribution < 1.29 is 13.2 Å². The lowest BCUT2D eigenvalue weighted by atomic mass is 9.94. The highest BCUT2D eigenvalue weighted by Gasteiger charge is 2.18. The topological polar surface area (TPSA) is 69.4 Å². The Morgan fingerprint density at radius 2 is 1.86 bits per heavy atom. The van der Waals surface area contributed by atoms with Crippen molar-refractivity contribution >= 4 is 9.84 Å². The van der Waals surface area contributed by atoms with Crippen molar-refractivity contribution in [3.05, 3.63) is 0 Å². The summed E-state index contributed by atoms with van der Waals surface area (Å²) in [6.45, 7) is 0.318. The molecule has 0 aromatic heterocycles. The van der Waals surface area contributed by atoms with Crippen molar-refractivity contribution in [1.29, 1.82) is 0 Å². The van der Waals surface area contributed by atoms with Gasteiger partial charge in [0, 0.05) is 12.3 Å². The minimum Gasteiger partial charge on any atom is -0.377 e. The third kappa shape index (κ3) is 4.93. The van der Waals surface area contributed by atoms with Gasteiger partial charge >= 0.3 is 0 Å². The molecule has 0 aromatic carbocycles. The van der Waals surface area contributed by atoms with E-state index in [1.54, 1.807) is 0 Å². The number of rotatable bonds is 4. The molecule has 0 amide bonds. The molecule has 5 heteroatoms. The van der Waals surface area contributed by atoms with Crippen LogP contribution in [0.4, 0.5) is 0 Å². The van der Waals surface area contributed by atoms with Crippen molar-refractivity contribution in [2.75, 3.05) is 18.6 Å². The maximum absolute atomic E-state index is 10.8. The highest BCUT2D eigenvalue weighted by atomic mass is 32.2. The van der Waals surface area contributed by atoms with E-state index in [9.17, 15) is 8.42 Å². The van der Waals surface area contributed by atoms with E-state index in [-0.39, 0.29) is 11.9 Å². The summed E-state index contributed by atoms with van der Waals surface area (Å²) < 4.78 is 27.1. The molecule has 14 heavy (non-hydrogen) atoms. The highest BCUT2D eigenvalue weighted by molar-refractivity contribution is 7.90. The number of ether oxygens (including phenoxy) is 1. The molecule has 1 aliphatic carbocycles. The zero-order valence-corrected chi connectivity index (χ0v) is 9.42. The lowest BCUT2D eigenvalue weighted by Crippen LogP contribution is -2.31. The van der Waals surface area contributed by atoms with Gasteiger partial charge in [0.1, 0.15) is 9.84 Å². The maximum Gasteiger partial charge on any atom is 0.149 e. The smallest absolute Gasteiger partial charge is 0.149 e. The summed E-state index contributed by atoms with van der Waals surface area (Å²) in [6.07, 6.45) is 5.35. The molecular weight excluding hydrogens is 202 g/mol. The van der Waals surface area contributed by atoms with Gasteiger partial charge < -0.3 is 10.5 Å². The Hall–Kier alpha value is -0.130. The molecule has 0 spiro atoms. The number of nitrogens with two attached hydrogens (primary N) is 1. The Morgan fingerprint density at radius 3 is 2.36 bits per heavy atom. The van der Waals surface area contributed by atoms with Crippen molar-refractivity contribution in [2.45, 2.75) is 37.8 Å². The fourth-order valence-electron chi connectivity index (χ4n) is 1.62. The Morgan fingerprint density at radius 1 is 1.29 bits per heavy atom. The van der Waals surface area contributed by atoms with Crippen LogP contribution < -0.4 is 5.73 Å². The number of hydrogen-bond acceptors (Lipinski definition) is 4. The van der Waals surface area contributed by atoms with Crippen LogP contribution in [0.5, 0.6) is 0 Å². The van der Waals surface area contributed by atoms with Crippen LogP contribution in [0.15, 0.2) is 0 Å². The Kier molecular flexibility index (Phi) is 4.34. The summed E-state index contributed by atoms with van der Waals surface area (Å²) in [5.74, 6) is 0.121. The summed E-state index contributed by atoms with van der Waals surface area (Å²) in [5, 5.41) is 0. The van der Waals surface area contributed by atoms with E-state index in [4.69, 9.17) is 10.5 Å². The van der Waals surface area contributed by atoms with E-state index in [1.807, 2.05) is 0 Å². The molecule has 1 aliphatic rings. The average molecular weight is 221 g/mol. The van der Waals surface area contributed by atoms with Gasteiger partial charge in [0.25, 0.3) is 0 Å². The normalized spacial score (nSPS) is 29.0. The number of hydrogen-bond donors (Lipinski definition) is 1. The fourth-order valence-corrected chi connectivity index (χ4v) is 2.02. The molecule has 0 radical (unpaired) electrons. The van der Waals surface area contributed by atoms with Gasteiger partial charge in [0.15, 0.2) is 0 Å². The van der Waals surface area contributed by atoms with Crippen LogP contribution in [0.1, 0.15) is 25.7 Å². The van der Waals surface area contributed by atoms with Gasteiger partial charge in [-0.1, -0.05) is 0 Å². The first-order valence-corrected chi connectivity index (χ1v) is 7.08. The van der Waals surface area contributed by atoms with Gasteiger partial charge in [-0.15, -0.1) is 0 Å². The first-order valence-electron chi connectivity index (χ1n) is 5.02. The van der Waals surface area contributed by atoms with E-state index < -0.39 is 9.84 Å². The molecule has 0 unspecified atom stereocenters. The zero-order valence-electron chi connectivity index (χ0n) is 8.61. The van der Waals surface area contributed by atoms with Gasteiger partial charge in [-0.05, 0) is 25.7 Å². The lowest BCUT2D eigenvalue weighted by Gasteiger charge is -2.25. The van der Waals surface area contributed by atoms with Crippen molar-refractivity contribution in [1.82, 2.24) is 0 Å². The minimum atomic E-state index is -2.89. The highest BCUT2D eigenvalue weighted by Crippen LogP contribution is 2.19. The summed E-state index contributed by atoms with van der Waals surface area (Å²) in [5.41, 5.74) is 5.74. The second-order valence-electron chi connectivity index (χ2n) is 4.04. The van der Waals surface area contributed by atoms with Gasteiger partial charge in [0.05, 0.1) is 18.5 Å². The minimum absolute atomic E-state index is 0.121. The van der Waals surface area contributed by atoms with Crippen LogP contribution in [0.3, 0.4) is 0 Å². The average Bonchev–Trinajstić information content (AvgIpc) is 2.06. The second kappa shape index (κ2) is 5.09. The van der Waals surface area contributed by atoms with Crippen LogP contribution in [0.2, 0.25) is 0 Å². The van der Waals surface area contributed by atoms with Crippen molar-refractivity contribution in [2.24, 2.45) is 5.73 Å². The molecule has 4 nitrogen and oxygen atoms in total. The van der Waals surface area contributed by atoms with Crippen molar-refractivity contribution in [3.8, 4) is 0 Å². The second-order valence-corrected chi connectivity index (χ2v) is 6.30. The maximum atomic E-state index is 10.8. The standard InChI is InChI=1S/C9H19NO3S/c1-14(11,12)7-6-13-9-4-2-8(10)3-5-9/h8-9H,2-7,10H2,1H3. The first-order chi connectivity index (χ1) is 6.47. The van der Waals surface area contributed by atoms with Crippen molar-refractivity contribution in [3.63, 3.8) is 0 Å². The summed E-state index contributed by atoms with van der Waals surface area (Å²) in [7, 11) is -2.89. The van der Waals surface area contributed by atoms with E-state index in [2.05, 4.69) is 0 Å². The van der Waals surface area contributed by atoms with Gasteiger partial charge in [-0.3, -0.25) is 0 Å². The predicted molar refractivity (Wildman–Crippen MR) is 55.9 cm³/mol. The van der Waals surface area contributed by atoms with Crippen LogP contribution in [-0.4, -0.2) is 39.2 Å². The lowest BCUT2D eigenvalue weighted by molar-refractivity contribution is 0.0344. The third-order valence-corrected chi connectivity index (χ3v) is 3.43. The van der Waals surface area contributed by atoms with Gasteiger partial charge in [-0.2, -0.15) is 0 Å². The van der Waals surface area contributed by atoms with Crippen LogP contribution in [0.25, 0.3) is 0 Å². The van der Waals surface area contributed by atoms with Crippen LogP contribution >= 0.6 is 0 Å². The van der Waals surface area contributed by atoms with Crippen LogP contribution in [0, 0.1) is 0 Å². The van der Waals surface area contributed by atoms with E-state index in [1.165, 1.54) is 6.26 Å². The molecule has 1 rings (SSSR count). The Bertz CT molecular complexity index is 255. The largest absolute Gasteiger partial charge is 0.377 e. The fraction of sp³-hybridized carbons (Fsp3) is 1.00. The molecule has 1 saturated carbocycles. The molecule has 0 atom stereocenters. The Balaban J connectivity index is 2.14.